The zero-order chi connectivity index (χ0) is 19.2. The van der Waals surface area contributed by atoms with Gasteiger partial charge < -0.3 is 19.5 Å². The summed E-state index contributed by atoms with van der Waals surface area (Å²) >= 11 is 0. The van der Waals surface area contributed by atoms with Crippen LogP contribution in [-0.4, -0.2) is 40.3 Å². The third kappa shape index (κ3) is 5.48. The molecule has 27 heavy (non-hydrogen) atoms. The summed E-state index contributed by atoms with van der Waals surface area (Å²) in [6, 6.07) is 11.4. The largest absolute Gasteiger partial charge is 0.489 e. The highest BCUT2D eigenvalue weighted by Crippen LogP contribution is 2.25. The molecule has 3 rings (SSSR count). The Balaban J connectivity index is 1.64. The Bertz CT molecular complexity index is 805. The molecule has 6 nitrogen and oxygen atoms in total. The molecule has 0 radical (unpaired) electrons. The number of piperidine rings is 1. The molecule has 1 aromatic carbocycles. The molecule has 1 N–H and O–H groups in total. The quantitative estimate of drug-likeness (QED) is 0.819. The predicted molar refractivity (Wildman–Crippen MR) is 103 cm³/mol. The van der Waals surface area contributed by atoms with E-state index in [4.69, 9.17) is 14.6 Å². The maximum absolute atomic E-state index is 11.0. The number of carboxylic acid groups (broad SMARTS) is 1. The number of nitrogens with zero attached hydrogens (tertiary/aromatic N) is 2. The molecule has 0 aliphatic carbocycles. The van der Waals surface area contributed by atoms with Crippen LogP contribution in [0.1, 0.15) is 32.3 Å². The van der Waals surface area contributed by atoms with Crippen LogP contribution in [0, 0.1) is 0 Å². The van der Waals surface area contributed by atoms with Crippen LogP contribution in [-0.2, 0) is 0 Å². The Labute approximate surface area is 159 Å². The highest BCUT2D eigenvalue weighted by Gasteiger charge is 2.17. The number of hydrogen-bond acceptors (Lipinski definition) is 4. The molecule has 142 valence electrons. The minimum absolute atomic E-state index is 0.102. The van der Waals surface area contributed by atoms with Crippen LogP contribution in [0.4, 0.5) is 4.79 Å². The molecule has 0 spiro atoms. The first-order chi connectivity index (χ1) is 13.0. The molecule has 1 aromatic heterocycles. The molecule has 2 heterocycles. The number of carbonyl (C=O) groups is 1. The van der Waals surface area contributed by atoms with Gasteiger partial charge in [0, 0.05) is 19.2 Å². The number of hydrogen-bond donors (Lipinski definition) is 1. The normalized spacial score (nSPS) is 14.2. The zero-order valence-corrected chi connectivity index (χ0v) is 15.6. The standard InChI is InChI=1S/C21H24N2O4/c1-15(2)26-19-6-7-20(22-14-19)27-18-5-3-4-17(13-18)12-16-8-10-23(11-9-16)21(24)25/h3-7,12-15H,8-11H2,1-2H3,(H,24,25). The molecule has 1 amide bonds. The fourth-order valence-corrected chi connectivity index (χ4v) is 2.92. The molecule has 2 aromatic rings. The predicted octanol–water partition coefficient (Wildman–Crippen LogP) is 4.82. The smallest absolute Gasteiger partial charge is 0.407 e. The number of rotatable bonds is 5. The van der Waals surface area contributed by atoms with E-state index in [0.717, 1.165) is 18.4 Å². The molecule has 0 unspecified atom stereocenters. The van der Waals surface area contributed by atoms with Gasteiger partial charge in [0.1, 0.15) is 11.5 Å². The number of ether oxygens (including phenoxy) is 2. The van der Waals surface area contributed by atoms with E-state index in [2.05, 4.69) is 11.1 Å². The van der Waals surface area contributed by atoms with Crippen molar-refractivity contribution >= 4 is 12.2 Å². The topological polar surface area (TPSA) is 71.9 Å². The van der Waals surface area contributed by atoms with Crippen molar-refractivity contribution in [2.45, 2.75) is 32.8 Å². The average molecular weight is 368 g/mol. The second-order valence-electron chi connectivity index (χ2n) is 6.75. The molecular weight excluding hydrogens is 344 g/mol. The van der Waals surface area contributed by atoms with Gasteiger partial charge in [0.25, 0.3) is 0 Å². The summed E-state index contributed by atoms with van der Waals surface area (Å²) in [5, 5.41) is 9.03. The van der Waals surface area contributed by atoms with Crippen LogP contribution in [0.25, 0.3) is 6.08 Å². The van der Waals surface area contributed by atoms with Crippen molar-refractivity contribution in [2.75, 3.05) is 13.1 Å². The minimum atomic E-state index is -0.846. The third-order valence-corrected chi connectivity index (χ3v) is 4.21. The monoisotopic (exact) mass is 368 g/mol. The second kappa shape index (κ2) is 8.58. The van der Waals surface area contributed by atoms with Crippen molar-refractivity contribution in [1.29, 1.82) is 0 Å². The van der Waals surface area contributed by atoms with Crippen molar-refractivity contribution in [3.05, 3.63) is 53.7 Å². The lowest BCUT2D eigenvalue weighted by atomic mass is 10.0. The molecule has 1 aliphatic rings. The Kier molecular flexibility index (Phi) is 5.96. The summed E-state index contributed by atoms with van der Waals surface area (Å²) in [4.78, 5) is 16.7. The van der Waals surface area contributed by atoms with Gasteiger partial charge in [-0.25, -0.2) is 9.78 Å². The number of amides is 1. The summed E-state index contributed by atoms with van der Waals surface area (Å²) in [5.74, 6) is 1.92. The Morgan fingerprint density at radius 1 is 1.19 bits per heavy atom. The number of likely N-dealkylation sites (tertiary alicyclic amines) is 1. The highest BCUT2D eigenvalue weighted by atomic mass is 16.5. The molecule has 0 atom stereocenters. The summed E-state index contributed by atoms with van der Waals surface area (Å²) in [6.07, 6.45) is 4.54. The van der Waals surface area contributed by atoms with Gasteiger partial charge in [-0.05, 0) is 50.5 Å². The molecule has 0 saturated carbocycles. The lowest BCUT2D eigenvalue weighted by Gasteiger charge is -2.25. The van der Waals surface area contributed by atoms with Crippen molar-refractivity contribution in [1.82, 2.24) is 9.88 Å². The summed E-state index contributed by atoms with van der Waals surface area (Å²) in [7, 11) is 0. The van der Waals surface area contributed by atoms with Crippen LogP contribution >= 0.6 is 0 Å². The van der Waals surface area contributed by atoms with Crippen LogP contribution in [0.15, 0.2) is 48.2 Å². The van der Waals surface area contributed by atoms with Crippen molar-refractivity contribution in [2.24, 2.45) is 0 Å². The number of aromatic nitrogens is 1. The van der Waals surface area contributed by atoms with Crippen LogP contribution in [0.3, 0.4) is 0 Å². The highest BCUT2D eigenvalue weighted by molar-refractivity contribution is 5.65. The maximum atomic E-state index is 11.0. The number of benzene rings is 1. The summed E-state index contributed by atoms with van der Waals surface area (Å²) in [5.41, 5.74) is 2.28. The second-order valence-corrected chi connectivity index (χ2v) is 6.75. The first-order valence-electron chi connectivity index (χ1n) is 9.07. The zero-order valence-electron chi connectivity index (χ0n) is 15.6. The first kappa shape index (κ1) is 18.8. The van der Waals surface area contributed by atoms with Gasteiger partial charge in [0.05, 0.1) is 12.3 Å². The summed E-state index contributed by atoms with van der Waals surface area (Å²) in [6.45, 7) is 5.03. The van der Waals surface area contributed by atoms with E-state index >= 15 is 0 Å². The first-order valence-corrected chi connectivity index (χ1v) is 9.07. The molecule has 0 bridgehead atoms. The van der Waals surface area contributed by atoms with E-state index < -0.39 is 6.09 Å². The van der Waals surface area contributed by atoms with Crippen molar-refractivity contribution < 1.29 is 19.4 Å². The molecule has 1 saturated heterocycles. The van der Waals surface area contributed by atoms with Crippen molar-refractivity contribution in [3.8, 4) is 17.4 Å². The van der Waals surface area contributed by atoms with E-state index in [9.17, 15) is 4.79 Å². The van der Waals surface area contributed by atoms with E-state index in [0.29, 0.717) is 30.5 Å². The SMILES string of the molecule is CC(C)Oc1ccc(Oc2cccc(C=C3CCN(C(=O)O)CC3)c2)nc1. The fourth-order valence-electron chi connectivity index (χ4n) is 2.92. The fraction of sp³-hybridized carbons (Fsp3) is 0.333. The van der Waals surface area contributed by atoms with Crippen LogP contribution in [0.2, 0.25) is 0 Å². The van der Waals surface area contributed by atoms with E-state index in [1.165, 1.54) is 10.5 Å². The van der Waals surface area contributed by atoms with Crippen molar-refractivity contribution in [3.63, 3.8) is 0 Å². The van der Waals surface area contributed by atoms with Gasteiger partial charge >= 0.3 is 6.09 Å². The molecule has 6 heteroatoms. The van der Waals surface area contributed by atoms with Gasteiger partial charge in [-0.1, -0.05) is 23.8 Å². The lowest BCUT2D eigenvalue weighted by molar-refractivity contribution is 0.142. The van der Waals surface area contributed by atoms with Gasteiger partial charge in [0.2, 0.25) is 5.88 Å². The van der Waals surface area contributed by atoms with Crippen LogP contribution in [0.5, 0.6) is 17.4 Å². The maximum Gasteiger partial charge on any atom is 0.407 e. The van der Waals surface area contributed by atoms with E-state index in [-0.39, 0.29) is 6.10 Å². The van der Waals surface area contributed by atoms with E-state index in [1.54, 1.807) is 12.3 Å². The minimum Gasteiger partial charge on any atom is -0.489 e. The Morgan fingerprint density at radius 3 is 2.59 bits per heavy atom. The molecule has 1 fully saturated rings. The number of pyridine rings is 1. The Hall–Kier alpha value is -3.02. The molecular formula is C21H24N2O4. The van der Waals surface area contributed by atoms with Crippen LogP contribution < -0.4 is 9.47 Å². The van der Waals surface area contributed by atoms with Gasteiger partial charge in [-0.3, -0.25) is 0 Å². The average Bonchev–Trinajstić information content (AvgIpc) is 2.64. The Morgan fingerprint density at radius 2 is 1.96 bits per heavy atom. The lowest BCUT2D eigenvalue weighted by Crippen LogP contribution is -2.35. The van der Waals surface area contributed by atoms with E-state index in [1.807, 2.05) is 44.2 Å². The molecule has 1 aliphatic heterocycles. The van der Waals surface area contributed by atoms with Gasteiger partial charge in [-0.15, -0.1) is 0 Å². The van der Waals surface area contributed by atoms with Gasteiger partial charge in [-0.2, -0.15) is 0 Å². The third-order valence-electron chi connectivity index (χ3n) is 4.21. The van der Waals surface area contributed by atoms with Gasteiger partial charge in [0.15, 0.2) is 0 Å². The summed E-state index contributed by atoms with van der Waals surface area (Å²) < 4.78 is 11.4.